The van der Waals surface area contributed by atoms with Crippen LogP contribution in [0, 0.1) is 22.7 Å². The molecule has 0 aliphatic heterocycles. The van der Waals surface area contributed by atoms with Crippen LogP contribution in [0.2, 0.25) is 0 Å². The molecule has 0 radical (unpaired) electrons. The number of nitrogens with zero attached hydrogens (tertiary/aromatic N) is 4. The van der Waals surface area contributed by atoms with Gasteiger partial charge in [0.25, 0.3) is 0 Å². The van der Waals surface area contributed by atoms with Gasteiger partial charge in [0.1, 0.15) is 6.07 Å². The summed E-state index contributed by atoms with van der Waals surface area (Å²) in [5.41, 5.74) is 11.6. The van der Waals surface area contributed by atoms with Crippen molar-refractivity contribution in [3.8, 4) is 45.8 Å². The predicted molar refractivity (Wildman–Crippen MR) is 195 cm³/mol. The van der Waals surface area contributed by atoms with E-state index in [1.165, 1.54) is 10.8 Å². The Morgan fingerprint density at radius 3 is 1.52 bits per heavy atom. The number of nitriles is 2. The molecule has 9 aromatic rings. The monoisotopic (exact) mass is 610 g/mol. The van der Waals surface area contributed by atoms with Gasteiger partial charge in [-0.2, -0.15) is 10.5 Å². The fourth-order valence-corrected chi connectivity index (χ4v) is 7.24. The Kier molecular flexibility index (Phi) is 6.22. The Morgan fingerprint density at radius 1 is 0.375 bits per heavy atom. The lowest BCUT2D eigenvalue weighted by molar-refractivity contribution is 1.17. The van der Waals surface area contributed by atoms with Crippen LogP contribution in [-0.2, 0) is 0 Å². The van der Waals surface area contributed by atoms with Crippen molar-refractivity contribution in [2.24, 2.45) is 0 Å². The molecule has 0 bridgehead atoms. The van der Waals surface area contributed by atoms with Gasteiger partial charge in [0, 0.05) is 27.1 Å². The number of fused-ring (bicyclic) bond motifs is 6. The maximum Gasteiger partial charge on any atom is 0.101 e. The lowest BCUT2D eigenvalue weighted by atomic mass is 9.97. The highest BCUT2D eigenvalue weighted by Crippen LogP contribution is 2.38. The molecule has 0 unspecified atom stereocenters. The smallest absolute Gasteiger partial charge is 0.101 e. The van der Waals surface area contributed by atoms with Crippen LogP contribution in [0.3, 0.4) is 0 Å². The molecule has 0 saturated carbocycles. The first kappa shape index (κ1) is 27.4. The number of aromatic nitrogens is 2. The van der Waals surface area contributed by atoms with E-state index in [1.807, 2.05) is 36.4 Å². The second-order valence-corrected chi connectivity index (χ2v) is 12.0. The third-order valence-electron chi connectivity index (χ3n) is 9.42. The molecule has 9 rings (SSSR count). The Labute approximate surface area is 277 Å². The van der Waals surface area contributed by atoms with E-state index in [1.54, 1.807) is 0 Å². The van der Waals surface area contributed by atoms with Crippen LogP contribution in [0.25, 0.3) is 77.2 Å². The third-order valence-corrected chi connectivity index (χ3v) is 9.42. The first-order valence-electron chi connectivity index (χ1n) is 15.9. The van der Waals surface area contributed by atoms with Crippen LogP contribution in [0.1, 0.15) is 11.1 Å². The second-order valence-electron chi connectivity index (χ2n) is 12.0. The van der Waals surface area contributed by atoms with Gasteiger partial charge in [0.2, 0.25) is 0 Å². The summed E-state index contributed by atoms with van der Waals surface area (Å²) in [5.74, 6) is 0. The molecule has 0 N–H and O–H groups in total. The van der Waals surface area contributed by atoms with Crippen LogP contribution in [0.15, 0.2) is 158 Å². The normalized spacial score (nSPS) is 11.3. The summed E-state index contributed by atoms with van der Waals surface area (Å²) in [6, 6.07) is 58.9. The maximum atomic E-state index is 10.3. The number of hydrogen-bond acceptors (Lipinski definition) is 2. The Hall–Kier alpha value is -6.88. The highest BCUT2D eigenvalue weighted by molar-refractivity contribution is 6.11. The lowest BCUT2D eigenvalue weighted by Crippen LogP contribution is -1.98. The van der Waals surface area contributed by atoms with Crippen molar-refractivity contribution in [1.29, 1.82) is 10.5 Å². The van der Waals surface area contributed by atoms with Crippen molar-refractivity contribution in [3.05, 3.63) is 169 Å². The van der Waals surface area contributed by atoms with Gasteiger partial charge in [-0.15, -0.1) is 0 Å². The fraction of sp³-hybridized carbons (Fsp3) is 0. The topological polar surface area (TPSA) is 57.4 Å². The number of para-hydroxylation sites is 4. The van der Waals surface area contributed by atoms with E-state index in [0.717, 1.165) is 66.5 Å². The first-order chi connectivity index (χ1) is 23.7. The molecule has 0 saturated heterocycles. The number of benzene rings is 7. The SMILES string of the molecule is N#Cc1ccc2c3ccccc3n(-c3ccccc3-c3ccc(-c4ccc(-n5c6ccccc6c6ccccc65)c(C#N)c4)cc3)c2c1. The molecule has 4 heteroatoms. The minimum Gasteiger partial charge on any atom is -0.309 e. The summed E-state index contributed by atoms with van der Waals surface area (Å²) < 4.78 is 4.46. The van der Waals surface area contributed by atoms with E-state index in [-0.39, 0.29) is 0 Å². The van der Waals surface area contributed by atoms with Gasteiger partial charge in [-0.05, 0) is 65.2 Å². The lowest BCUT2D eigenvalue weighted by Gasteiger charge is -2.15. The summed E-state index contributed by atoms with van der Waals surface area (Å²) in [6.45, 7) is 0. The second kappa shape index (κ2) is 10.9. The Bertz CT molecular complexity index is 2750. The molecule has 2 heterocycles. The van der Waals surface area contributed by atoms with Crippen molar-refractivity contribution in [3.63, 3.8) is 0 Å². The Morgan fingerprint density at radius 2 is 0.896 bits per heavy atom. The molecule has 0 fully saturated rings. The maximum absolute atomic E-state index is 10.3. The van der Waals surface area contributed by atoms with Crippen LogP contribution in [0.5, 0.6) is 0 Å². The van der Waals surface area contributed by atoms with Crippen LogP contribution in [0.4, 0.5) is 0 Å². The van der Waals surface area contributed by atoms with E-state index < -0.39 is 0 Å². The predicted octanol–water partition coefficient (Wildman–Crippen LogP) is 11.0. The van der Waals surface area contributed by atoms with Crippen LogP contribution < -0.4 is 0 Å². The van der Waals surface area contributed by atoms with Crippen molar-refractivity contribution >= 4 is 43.6 Å². The number of rotatable bonds is 4. The minimum absolute atomic E-state index is 0.622. The molecule has 222 valence electrons. The molecule has 0 spiro atoms. The molecule has 2 aromatic heterocycles. The molecule has 4 nitrogen and oxygen atoms in total. The van der Waals surface area contributed by atoms with Crippen molar-refractivity contribution in [2.75, 3.05) is 0 Å². The van der Waals surface area contributed by atoms with Crippen molar-refractivity contribution < 1.29 is 0 Å². The zero-order chi connectivity index (χ0) is 32.2. The molecule has 0 aliphatic carbocycles. The van der Waals surface area contributed by atoms with Crippen LogP contribution >= 0.6 is 0 Å². The highest BCUT2D eigenvalue weighted by Gasteiger charge is 2.17. The molecule has 48 heavy (non-hydrogen) atoms. The zero-order valence-electron chi connectivity index (χ0n) is 25.8. The molecule has 7 aromatic carbocycles. The average molecular weight is 611 g/mol. The third kappa shape index (κ3) is 4.14. The van der Waals surface area contributed by atoms with E-state index in [4.69, 9.17) is 0 Å². The summed E-state index contributed by atoms with van der Waals surface area (Å²) >= 11 is 0. The van der Waals surface area contributed by atoms with E-state index in [2.05, 4.69) is 143 Å². The Balaban J connectivity index is 1.14. The highest BCUT2D eigenvalue weighted by atomic mass is 15.0. The van der Waals surface area contributed by atoms with Gasteiger partial charge in [-0.1, -0.05) is 109 Å². The summed E-state index contributed by atoms with van der Waals surface area (Å²) in [5, 5.41) is 24.6. The quantitative estimate of drug-likeness (QED) is 0.199. The fourth-order valence-electron chi connectivity index (χ4n) is 7.24. The van der Waals surface area contributed by atoms with Gasteiger partial charge in [0.15, 0.2) is 0 Å². The van der Waals surface area contributed by atoms with Gasteiger partial charge >= 0.3 is 0 Å². The molecular weight excluding hydrogens is 585 g/mol. The van der Waals surface area contributed by atoms with Gasteiger partial charge < -0.3 is 9.13 Å². The molecule has 0 aliphatic rings. The summed E-state index contributed by atoms with van der Waals surface area (Å²) in [7, 11) is 0. The summed E-state index contributed by atoms with van der Waals surface area (Å²) in [6.07, 6.45) is 0. The van der Waals surface area contributed by atoms with Crippen molar-refractivity contribution in [2.45, 2.75) is 0 Å². The summed E-state index contributed by atoms with van der Waals surface area (Å²) in [4.78, 5) is 0. The average Bonchev–Trinajstić information content (AvgIpc) is 3.67. The number of hydrogen-bond donors (Lipinski definition) is 0. The van der Waals surface area contributed by atoms with Gasteiger partial charge in [-0.3, -0.25) is 0 Å². The largest absolute Gasteiger partial charge is 0.309 e. The van der Waals surface area contributed by atoms with Gasteiger partial charge in [0.05, 0.1) is 50.6 Å². The molecule has 0 atom stereocenters. The van der Waals surface area contributed by atoms with Crippen LogP contribution in [-0.4, -0.2) is 9.13 Å². The minimum atomic E-state index is 0.622. The van der Waals surface area contributed by atoms with E-state index in [9.17, 15) is 10.5 Å². The van der Waals surface area contributed by atoms with E-state index in [0.29, 0.717) is 11.1 Å². The molecule has 0 amide bonds. The van der Waals surface area contributed by atoms with E-state index >= 15 is 0 Å². The standard InChI is InChI=1S/C44H26N4/c45-27-29-17-23-38-37-12-4-8-16-43(37)48(44(38)25-29)40-13-5-1-9-34(40)31-20-18-30(19-21-31)32-22-24-39(33(26-32)28-46)47-41-14-6-2-10-35(41)36-11-3-7-15-42(36)47/h1-26H. The first-order valence-corrected chi connectivity index (χ1v) is 15.9. The van der Waals surface area contributed by atoms with Crippen molar-refractivity contribution in [1.82, 2.24) is 9.13 Å². The van der Waals surface area contributed by atoms with Gasteiger partial charge in [-0.25, -0.2) is 0 Å². The molecular formula is C44H26N4. The zero-order valence-corrected chi connectivity index (χ0v) is 25.8.